The molecule has 1 aromatic rings. The summed E-state index contributed by atoms with van der Waals surface area (Å²) in [4.78, 5) is 15.5. The van der Waals surface area contributed by atoms with Gasteiger partial charge in [0.25, 0.3) is 5.91 Å². The number of ether oxygens (including phenoxy) is 1. The van der Waals surface area contributed by atoms with Crippen LogP contribution < -0.4 is 10.1 Å². The summed E-state index contributed by atoms with van der Waals surface area (Å²) in [6.07, 6.45) is 2.94. The summed E-state index contributed by atoms with van der Waals surface area (Å²) in [5.41, 5.74) is 0.504. The molecule has 0 fully saturated rings. The van der Waals surface area contributed by atoms with Crippen LogP contribution in [0, 0.1) is 0 Å². The van der Waals surface area contributed by atoms with E-state index in [1.165, 1.54) is 13.3 Å². The first-order valence-corrected chi connectivity index (χ1v) is 5.17. The molecule has 1 amide bonds. The molecular weight excluding hydrogens is 208 g/mol. The number of unbranched alkanes of at least 4 members (excludes halogenated alkanes) is 1. The minimum Gasteiger partial charge on any atom is -0.481 e. The molecule has 0 saturated carbocycles. The van der Waals surface area contributed by atoms with E-state index in [2.05, 4.69) is 10.3 Å². The number of methoxy groups -OCH3 is 1. The van der Waals surface area contributed by atoms with E-state index < -0.39 is 0 Å². The summed E-state index contributed by atoms with van der Waals surface area (Å²) in [6.45, 7) is 0.714. The first-order chi connectivity index (χ1) is 7.77. The van der Waals surface area contributed by atoms with Crippen molar-refractivity contribution in [2.45, 2.75) is 12.8 Å². The summed E-state index contributed by atoms with van der Waals surface area (Å²) in [6, 6.07) is 3.30. The van der Waals surface area contributed by atoms with E-state index >= 15 is 0 Å². The molecule has 0 aliphatic rings. The molecule has 0 spiro atoms. The fourth-order valence-corrected chi connectivity index (χ4v) is 1.18. The van der Waals surface area contributed by atoms with E-state index in [1.54, 1.807) is 12.1 Å². The van der Waals surface area contributed by atoms with Crippen molar-refractivity contribution in [3.63, 3.8) is 0 Å². The van der Waals surface area contributed by atoms with E-state index in [1.807, 2.05) is 0 Å². The second-order valence-electron chi connectivity index (χ2n) is 3.28. The first-order valence-electron chi connectivity index (χ1n) is 5.17. The van der Waals surface area contributed by atoms with Gasteiger partial charge in [-0.25, -0.2) is 4.98 Å². The lowest BCUT2D eigenvalue weighted by Crippen LogP contribution is -2.24. The molecule has 0 aliphatic heterocycles. The number of pyridine rings is 1. The summed E-state index contributed by atoms with van der Waals surface area (Å²) < 4.78 is 4.89. The third-order valence-corrected chi connectivity index (χ3v) is 2.08. The van der Waals surface area contributed by atoms with Gasteiger partial charge in [0.05, 0.1) is 12.7 Å². The Morgan fingerprint density at radius 1 is 1.50 bits per heavy atom. The number of carbonyl (C=O) groups excluding carboxylic acids is 1. The molecule has 5 heteroatoms. The Kier molecular flexibility index (Phi) is 5.28. The fourth-order valence-electron chi connectivity index (χ4n) is 1.18. The molecule has 0 aromatic carbocycles. The largest absolute Gasteiger partial charge is 0.481 e. The molecular formula is C11H16N2O3. The minimum atomic E-state index is -0.159. The Morgan fingerprint density at radius 2 is 2.31 bits per heavy atom. The Balaban J connectivity index is 2.40. The normalized spacial score (nSPS) is 9.88. The zero-order valence-electron chi connectivity index (χ0n) is 9.27. The maximum Gasteiger partial charge on any atom is 0.252 e. The lowest BCUT2D eigenvalue weighted by molar-refractivity contribution is 0.0951. The third kappa shape index (κ3) is 3.86. The number of nitrogens with one attached hydrogen (secondary N) is 1. The topological polar surface area (TPSA) is 71.5 Å². The number of aliphatic hydroxyl groups excluding tert-OH is 1. The second-order valence-corrected chi connectivity index (χ2v) is 3.28. The number of rotatable bonds is 6. The predicted molar refractivity (Wildman–Crippen MR) is 59.4 cm³/mol. The number of hydrogen-bond donors (Lipinski definition) is 2. The molecule has 0 radical (unpaired) electrons. The Bertz CT molecular complexity index is 325. The fraction of sp³-hybridized carbons (Fsp3) is 0.455. The molecule has 0 atom stereocenters. The van der Waals surface area contributed by atoms with Crippen LogP contribution in [0.3, 0.4) is 0 Å². The van der Waals surface area contributed by atoms with Gasteiger partial charge in [0.2, 0.25) is 5.88 Å². The number of aliphatic hydroxyl groups is 1. The number of hydrogen-bond acceptors (Lipinski definition) is 4. The summed E-state index contributed by atoms with van der Waals surface area (Å²) in [5, 5.41) is 11.3. The quantitative estimate of drug-likeness (QED) is 0.694. The van der Waals surface area contributed by atoms with Crippen LogP contribution in [0.2, 0.25) is 0 Å². The standard InChI is InChI=1S/C11H16N2O3/c1-16-10-5-4-9(8-13-10)11(15)12-6-2-3-7-14/h4-5,8,14H,2-3,6-7H2,1H3,(H,12,15). The van der Waals surface area contributed by atoms with Crippen LogP contribution >= 0.6 is 0 Å². The highest BCUT2D eigenvalue weighted by molar-refractivity contribution is 5.93. The lowest BCUT2D eigenvalue weighted by atomic mass is 10.2. The van der Waals surface area contributed by atoms with Crippen molar-refractivity contribution in [2.24, 2.45) is 0 Å². The van der Waals surface area contributed by atoms with Gasteiger partial charge in [0.1, 0.15) is 0 Å². The van der Waals surface area contributed by atoms with Gasteiger partial charge in [0.15, 0.2) is 0 Å². The molecule has 5 nitrogen and oxygen atoms in total. The highest BCUT2D eigenvalue weighted by Gasteiger charge is 2.04. The Morgan fingerprint density at radius 3 is 2.88 bits per heavy atom. The SMILES string of the molecule is COc1ccc(C(=O)NCCCCO)cn1. The molecule has 0 saturated heterocycles. The Labute approximate surface area is 94.5 Å². The Hall–Kier alpha value is -1.62. The molecule has 1 rings (SSSR count). The van der Waals surface area contributed by atoms with Gasteiger partial charge in [-0.3, -0.25) is 4.79 Å². The molecule has 1 aromatic heterocycles. The number of aromatic nitrogens is 1. The van der Waals surface area contributed by atoms with Gasteiger partial charge in [-0.1, -0.05) is 0 Å². The van der Waals surface area contributed by atoms with Crippen molar-refractivity contribution < 1.29 is 14.6 Å². The van der Waals surface area contributed by atoms with Gasteiger partial charge >= 0.3 is 0 Å². The molecule has 0 bridgehead atoms. The van der Waals surface area contributed by atoms with Crippen molar-refractivity contribution in [1.82, 2.24) is 10.3 Å². The van der Waals surface area contributed by atoms with Crippen molar-refractivity contribution in [3.05, 3.63) is 23.9 Å². The van der Waals surface area contributed by atoms with Gasteiger partial charge in [0, 0.05) is 25.4 Å². The van der Waals surface area contributed by atoms with Gasteiger partial charge in [-0.15, -0.1) is 0 Å². The number of carbonyl (C=O) groups is 1. The molecule has 2 N–H and O–H groups in total. The monoisotopic (exact) mass is 224 g/mol. The van der Waals surface area contributed by atoms with E-state index in [-0.39, 0.29) is 12.5 Å². The highest BCUT2D eigenvalue weighted by atomic mass is 16.5. The van der Waals surface area contributed by atoms with Crippen molar-refractivity contribution in [1.29, 1.82) is 0 Å². The number of amides is 1. The van der Waals surface area contributed by atoms with Crippen LogP contribution in [0.1, 0.15) is 23.2 Å². The lowest BCUT2D eigenvalue weighted by Gasteiger charge is -2.04. The summed E-state index contributed by atoms with van der Waals surface area (Å²) in [5.74, 6) is 0.324. The molecule has 88 valence electrons. The zero-order valence-corrected chi connectivity index (χ0v) is 9.27. The molecule has 0 aliphatic carbocycles. The van der Waals surface area contributed by atoms with Gasteiger partial charge < -0.3 is 15.2 Å². The van der Waals surface area contributed by atoms with E-state index in [0.717, 1.165) is 6.42 Å². The average Bonchev–Trinajstić information content (AvgIpc) is 2.34. The van der Waals surface area contributed by atoms with Crippen LogP contribution in [-0.2, 0) is 0 Å². The van der Waals surface area contributed by atoms with Gasteiger partial charge in [-0.2, -0.15) is 0 Å². The van der Waals surface area contributed by atoms with Crippen LogP contribution in [-0.4, -0.2) is 36.3 Å². The maximum absolute atomic E-state index is 11.6. The molecule has 1 heterocycles. The maximum atomic E-state index is 11.6. The second kappa shape index (κ2) is 6.79. The zero-order chi connectivity index (χ0) is 11.8. The number of nitrogens with zero attached hydrogens (tertiary/aromatic N) is 1. The summed E-state index contributed by atoms with van der Waals surface area (Å²) in [7, 11) is 1.52. The molecule has 16 heavy (non-hydrogen) atoms. The highest BCUT2D eigenvalue weighted by Crippen LogP contribution is 2.06. The summed E-state index contributed by atoms with van der Waals surface area (Å²) >= 11 is 0. The van der Waals surface area contributed by atoms with Crippen molar-refractivity contribution in [2.75, 3.05) is 20.3 Å². The van der Waals surface area contributed by atoms with E-state index in [4.69, 9.17) is 9.84 Å². The van der Waals surface area contributed by atoms with Crippen LogP contribution in [0.5, 0.6) is 5.88 Å². The smallest absolute Gasteiger partial charge is 0.252 e. The van der Waals surface area contributed by atoms with Crippen LogP contribution in [0.25, 0.3) is 0 Å². The minimum absolute atomic E-state index is 0.153. The first kappa shape index (κ1) is 12.4. The predicted octanol–water partition coefficient (Wildman–Crippen LogP) is 0.592. The van der Waals surface area contributed by atoms with Crippen LogP contribution in [0.15, 0.2) is 18.3 Å². The van der Waals surface area contributed by atoms with E-state index in [0.29, 0.717) is 24.4 Å². The van der Waals surface area contributed by atoms with Crippen molar-refractivity contribution in [3.8, 4) is 5.88 Å². The third-order valence-electron chi connectivity index (χ3n) is 2.08. The van der Waals surface area contributed by atoms with Gasteiger partial charge in [-0.05, 0) is 18.9 Å². The van der Waals surface area contributed by atoms with E-state index in [9.17, 15) is 4.79 Å². The van der Waals surface area contributed by atoms with Crippen molar-refractivity contribution >= 4 is 5.91 Å². The molecule has 0 unspecified atom stereocenters. The average molecular weight is 224 g/mol. The van der Waals surface area contributed by atoms with Crippen LogP contribution in [0.4, 0.5) is 0 Å².